The molecule has 0 bridgehead atoms. The summed E-state index contributed by atoms with van der Waals surface area (Å²) in [7, 11) is 0. The van der Waals surface area contributed by atoms with Crippen molar-refractivity contribution >= 4 is 5.91 Å². The number of hydrogen-bond acceptors (Lipinski definition) is 4. The molecule has 0 atom stereocenters. The van der Waals surface area contributed by atoms with Gasteiger partial charge in [-0.25, -0.2) is 13.5 Å². The van der Waals surface area contributed by atoms with Crippen LogP contribution in [-0.2, 0) is 0 Å². The highest BCUT2D eigenvalue weighted by Gasteiger charge is 2.25. The highest BCUT2D eigenvalue weighted by Crippen LogP contribution is 2.15. The van der Waals surface area contributed by atoms with Crippen molar-refractivity contribution in [1.29, 1.82) is 0 Å². The van der Waals surface area contributed by atoms with Gasteiger partial charge in [-0.15, -0.1) is 5.10 Å². The van der Waals surface area contributed by atoms with Crippen molar-refractivity contribution in [3.05, 3.63) is 41.2 Å². The van der Waals surface area contributed by atoms with Crippen LogP contribution in [-0.4, -0.2) is 57.9 Å². The summed E-state index contributed by atoms with van der Waals surface area (Å²) in [4.78, 5) is 14.3. The monoisotopic (exact) mass is 363 g/mol. The smallest absolute Gasteiger partial charge is 0.273 e. The molecule has 0 unspecified atom stereocenters. The van der Waals surface area contributed by atoms with Crippen LogP contribution < -0.4 is 5.32 Å². The largest absolute Gasteiger partial charge is 0.348 e. The van der Waals surface area contributed by atoms with Gasteiger partial charge >= 0.3 is 0 Å². The van der Waals surface area contributed by atoms with Gasteiger partial charge in [0.1, 0.15) is 0 Å². The van der Waals surface area contributed by atoms with Crippen molar-refractivity contribution in [2.24, 2.45) is 0 Å². The van der Waals surface area contributed by atoms with Gasteiger partial charge in [0.2, 0.25) is 0 Å². The maximum absolute atomic E-state index is 12.5. The number of hydrogen-bond donors (Lipinski definition) is 1. The number of carbonyl (C=O) groups is 1. The average molecular weight is 363 g/mol. The first-order valence-electron chi connectivity index (χ1n) is 8.74. The lowest BCUT2D eigenvalue weighted by Gasteiger charge is -2.31. The molecule has 2 heterocycles. The molecule has 140 valence electrons. The molecule has 1 aliphatic rings. The van der Waals surface area contributed by atoms with Crippen LogP contribution in [0.2, 0.25) is 0 Å². The number of nitrogens with zero attached hydrogens (tertiary/aromatic N) is 4. The third-order valence-corrected chi connectivity index (χ3v) is 4.71. The Bertz CT molecular complexity index is 751. The fourth-order valence-corrected chi connectivity index (χ4v) is 3.18. The van der Waals surface area contributed by atoms with E-state index >= 15 is 0 Å². The van der Waals surface area contributed by atoms with Crippen LogP contribution >= 0.6 is 0 Å². The number of likely N-dealkylation sites (tertiary alicyclic amines) is 1. The zero-order valence-corrected chi connectivity index (χ0v) is 15.0. The Labute approximate surface area is 151 Å². The first-order chi connectivity index (χ1) is 12.4. The molecule has 0 aliphatic carbocycles. The number of aryl methyl sites for hydroxylation is 1. The Morgan fingerprint density at radius 2 is 1.88 bits per heavy atom. The van der Waals surface area contributed by atoms with Crippen LogP contribution in [0.5, 0.6) is 0 Å². The highest BCUT2D eigenvalue weighted by atomic mass is 19.3. The third kappa shape index (κ3) is 4.24. The van der Waals surface area contributed by atoms with Gasteiger partial charge in [0.05, 0.1) is 17.9 Å². The predicted octanol–water partition coefficient (Wildman–Crippen LogP) is 2.34. The summed E-state index contributed by atoms with van der Waals surface area (Å²) in [5.74, 6) is -0.270. The van der Waals surface area contributed by atoms with Crippen molar-refractivity contribution < 1.29 is 13.6 Å². The molecule has 6 nitrogen and oxygen atoms in total. The molecule has 3 rings (SSSR count). The van der Waals surface area contributed by atoms with Crippen LogP contribution in [0.15, 0.2) is 24.3 Å². The molecule has 8 heteroatoms. The van der Waals surface area contributed by atoms with E-state index in [9.17, 15) is 13.6 Å². The van der Waals surface area contributed by atoms with Gasteiger partial charge in [-0.1, -0.05) is 22.9 Å². The summed E-state index contributed by atoms with van der Waals surface area (Å²) in [6.45, 7) is 4.72. The van der Waals surface area contributed by atoms with E-state index in [-0.39, 0.29) is 18.5 Å². The molecule has 1 aromatic carbocycles. The average Bonchev–Trinajstić information content (AvgIpc) is 2.98. The Hall–Kier alpha value is -2.35. The second kappa shape index (κ2) is 7.90. The Morgan fingerprint density at radius 1 is 1.23 bits per heavy atom. The molecule has 0 radical (unpaired) electrons. The molecule has 2 aromatic rings. The number of nitrogens with one attached hydrogen (secondary N) is 1. The van der Waals surface area contributed by atoms with E-state index in [2.05, 4.69) is 15.6 Å². The second-order valence-electron chi connectivity index (χ2n) is 6.71. The normalized spacial score (nSPS) is 16.2. The lowest BCUT2D eigenvalue weighted by atomic mass is 10.0. The van der Waals surface area contributed by atoms with E-state index in [1.807, 2.05) is 31.2 Å². The van der Waals surface area contributed by atoms with Crippen LogP contribution in [0.3, 0.4) is 0 Å². The van der Waals surface area contributed by atoms with Crippen molar-refractivity contribution in [2.75, 3.05) is 19.6 Å². The number of alkyl halides is 2. The first kappa shape index (κ1) is 18.4. The third-order valence-electron chi connectivity index (χ3n) is 4.71. The zero-order valence-electron chi connectivity index (χ0n) is 15.0. The van der Waals surface area contributed by atoms with E-state index in [1.54, 1.807) is 16.5 Å². The molecular formula is C18H23F2N5O. The maximum atomic E-state index is 12.5. The lowest BCUT2D eigenvalue weighted by Crippen LogP contribution is -2.46. The molecular weight excluding hydrogens is 340 g/mol. The summed E-state index contributed by atoms with van der Waals surface area (Å²) >= 11 is 0. The van der Waals surface area contributed by atoms with E-state index in [0.29, 0.717) is 37.3 Å². The van der Waals surface area contributed by atoms with Gasteiger partial charge in [-0.05, 0) is 38.8 Å². The maximum Gasteiger partial charge on any atom is 0.273 e. The summed E-state index contributed by atoms with van der Waals surface area (Å²) < 4.78 is 26.5. The van der Waals surface area contributed by atoms with Gasteiger partial charge in [0.15, 0.2) is 5.69 Å². The Kier molecular flexibility index (Phi) is 5.61. The fourth-order valence-electron chi connectivity index (χ4n) is 3.18. The Morgan fingerprint density at radius 3 is 2.50 bits per heavy atom. The van der Waals surface area contributed by atoms with Gasteiger partial charge < -0.3 is 5.32 Å². The van der Waals surface area contributed by atoms with Crippen LogP contribution in [0.25, 0.3) is 5.69 Å². The number of amides is 1. The molecule has 1 N–H and O–H groups in total. The summed E-state index contributed by atoms with van der Waals surface area (Å²) in [6.07, 6.45) is -1.01. The number of rotatable bonds is 5. The molecule has 0 spiro atoms. The molecule has 1 aliphatic heterocycles. The van der Waals surface area contributed by atoms with Gasteiger partial charge in [0.25, 0.3) is 12.3 Å². The molecule has 0 saturated carbocycles. The van der Waals surface area contributed by atoms with Gasteiger partial charge in [-0.2, -0.15) is 0 Å². The first-order valence-corrected chi connectivity index (χ1v) is 8.74. The minimum atomic E-state index is -2.32. The van der Waals surface area contributed by atoms with Gasteiger partial charge in [0, 0.05) is 19.1 Å². The zero-order chi connectivity index (χ0) is 18.7. The van der Waals surface area contributed by atoms with Crippen LogP contribution in [0, 0.1) is 13.8 Å². The van der Waals surface area contributed by atoms with Crippen molar-refractivity contribution in [2.45, 2.75) is 39.2 Å². The van der Waals surface area contributed by atoms with Crippen LogP contribution in [0.4, 0.5) is 8.78 Å². The van der Waals surface area contributed by atoms with Crippen molar-refractivity contribution in [3.8, 4) is 5.69 Å². The quantitative estimate of drug-likeness (QED) is 0.886. The predicted molar refractivity (Wildman–Crippen MR) is 93.8 cm³/mol. The molecule has 1 fully saturated rings. The van der Waals surface area contributed by atoms with Crippen LogP contribution in [0.1, 0.15) is 34.6 Å². The molecule has 1 saturated heterocycles. The SMILES string of the molecule is Cc1ccc(-n2nnc(C(=O)NC3CCN(CC(F)F)CC3)c2C)cc1. The van der Waals surface area contributed by atoms with E-state index in [1.165, 1.54) is 0 Å². The summed E-state index contributed by atoms with van der Waals surface area (Å²) in [5.41, 5.74) is 2.95. The minimum absolute atomic E-state index is 0.0275. The number of aromatic nitrogens is 3. The summed E-state index contributed by atoms with van der Waals surface area (Å²) in [5, 5.41) is 11.1. The lowest BCUT2D eigenvalue weighted by molar-refractivity contribution is 0.0695. The van der Waals surface area contributed by atoms with Crippen molar-refractivity contribution in [3.63, 3.8) is 0 Å². The molecule has 1 aromatic heterocycles. The van der Waals surface area contributed by atoms with E-state index < -0.39 is 6.43 Å². The minimum Gasteiger partial charge on any atom is -0.348 e. The topological polar surface area (TPSA) is 63.1 Å². The van der Waals surface area contributed by atoms with E-state index in [0.717, 1.165) is 11.3 Å². The number of halogens is 2. The molecule has 26 heavy (non-hydrogen) atoms. The van der Waals surface area contributed by atoms with Crippen molar-refractivity contribution in [1.82, 2.24) is 25.2 Å². The summed E-state index contributed by atoms with van der Waals surface area (Å²) in [6, 6.07) is 7.78. The highest BCUT2D eigenvalue weighted by molar-refractivity contribution is 5.93. The number of piperidine rings is 1. The second-order valence-corrected chi connectivity index (χ2v) is 6.71. The standard InChI is InChI=1S/C18H23F2N5O/c1-12-3-5-15(6-4-12)25-13(2)17(22-23-25)18(26)21-14-7-9-24(10-8-14)11-16(19)20/h3-6,14,16H,7-11H2,1-2H3,(H,21,26). The number of benzene rings is 1. The van der Waals surface area contributed by atoms with E-state index in [4.69, 9.17) is 0 Å². The van der Waals surface area contributed by atoms with Gasteiger partial charge in [-0.3, -0.25) is 9.69 Å². The fraction of sp³-hybridized carbons (Fsp3) is 0.500. The molecule has 1 amide bonds. The number of carbonyl (C=O) groups excluding carboxylic acids is 1. The Balaban J connectivity index is 1.62.